The molecule has 140 valence electrons. The van der Waals surface area contributed by atoms with E-state index in [9.17, 15) is 9.59 Å². The number of methoxy groups -OCH3 is 1. The van der Waals surface area contributed by atoms with Gasteiger partial charge < -0.3 is 19.5 Å². The molecule has 0 spiro atoms. The van der Waals surface area contributed by atoms with Gasteiger partial charge >= 0.3 is 5.69 Å². The Hall–Kier alpha value is -1.73. The number of H-pyrrole nitrogens is 1. The Kier molecular flexibility index (Phi) is 6.35. The van der Waals surface area contributed by atoms with Gasteiger partial charge in [-0.1, -0.05) is 20.8 Å². The van der Waals surface area contributed by atoms with Gasteiger partial charge in [0.1, 0.15) is 5.69 Å². The second-order valence-electron chi connectivity index (χ2n) is 7.87. The quantitative estimate of drug-likeness (QED) is 0.831. The molecule has 7 heteroatoms. The number of nitrogens with one attached hydrogen (secondary N) is 1. The van der Waals surface area contributed by atoms with Gasteiger partial charge in [0.15, 0.2) is 0 Å². The molecule has 0 radical (unpaired) electrons. The number of hydrogen-bond acceptors (Lipinski definition) is 5. The predicted octanol–water partition coefficient (Wildman–Crippen LogP) is 1.11. The first kappa shape index (κ1) is 19.6. The fraction of sp³-hybridized carbons (Fsp3) is 0.722. The lowest BCUT2D eigenvalue weighted by Crippen LogP contribution is -2.35. The van der Waals surface area contributed by atoms with Crippen molar-refractivity contribution in [3.05, 3.63) is 27.9 Å². The molecule has 2 rings (SSSR count). The molecule has 0 aliphatic carbocycles. The maximum Gasteiger partial charge on any atom is 0.345 e. The maximum atomic E-state index is 12.7. The summed E-state index contributed by atoms with van der Waals surface area (Å²) in [5, 5.41) is 0. The molecule has 1 unspecified atom stereocenters. The Morgan fingerprint density at radius 3 is 2.84 bits per heavy atom. The van der Waals surface area contributed by atoms with Crippen LogP contribution in [-0.2, 0) is 10.2 Å². The molecule has 1 aliphatic heterocycles. The van der Waals surface area contributed by atoms with Crippen molar-refractivity contribution in [2.45, 2.75) is 32.6 Å². The summed E-state index contributed by atoms with van der Waals surface area (Å²) in [6.45, 7) is 10.3. The van der Waals surface area contributed by atoms with E-state index in [1.54, 1.807) is 25.1 Å². The van der Waals surface area contributed by atoms with Crippen LogP contribution in [0.15, 0.2) is 10.9 Å². The third kappa shape index (κ3) is 5.37. The second-order valence-corrected chi connectivity index (χ2v) is 7.87. The molecular formula is C18H30N4O3. The molecule has 1 aliphatic rings. The molecule has 1 aromatic rings. The number of nitrogens with zero attached hydrogens (tertiary/aromatic N) is 3. The van der Waals surface area contributed by atoms with Gasteiger partial charge in [-0.2, -0.15) is 4.98 Å². The second kappa shape index (κ2) is 8.10. The van der Waals surface area contributed by atoms with E-state index in [0.29, 0.717) is 12.5 Å². The Morgan fingerprint density at radius 1 is 1.48 bits per heavy atom. The highest BCUT2D eigenvalue weighted by Gasteiger charge is 2.26. The van der Waals surface area contributed by atoms with Crippen molar-refractivity contribution in [3.63, 3.8) is 0 Å². The molecule has 0 aromatic carbocycles. The highest BCUT2D eigenvalue weighted by atomic mass is 16.5. The van der Waals surface area contributed by atoms with Crippen LogP contribution in [0.25, 0.3) is 0 Å². The van der Waals surface area contributed by atoms with E-state index in [1.165, 1.54) is 0 Å². The number of hydrogen-bond donors (Lipinski definition) is 1. The Balaban J connectivity index is 2.01. The molecule has 25 heavy (non-hydrogen) atoms. The topological polar surface area (TPSA) is 78.5 Å². The van der Waals surface area contributed by atoms with Gasteiger partial charge in [-0.25, -0.2) is 4.79 Å². The molecule has 1 N–H and O–H groups in total. The van der Waals surface area contributed by atoms with Crippen molar-refractivity contribution in [1.29, 1.82) is 0 Å². The number of ether oxygens (including phenoxy) is 1. The fourth-order valence-corrected chi connectivity index (χ4v) is 3.12. The molecule has 0 saturated carbocycles. The van der Waals surface area contributed by atoms with Crippen LogP contribution >= 0.6 is 0 Å². The van der Waals surface area contributed by atoms with Crippen LogP contribution in [-0.4, -0.2) is 72.6 Å². The molecule has 2 heterocycles. The highest BCUT2D eigenvalue weighted by molar-refractivity contribution is 5.92. The van der Waals surface area contributed by atoms with E-state index in [4.69, 9.17) is 4.74 Å². The van der Waals surface area contributed by atoms with Gasteiger partial charge in [0.25, 0.3) is 5.91 Å². The third-order valence-corrected chi connectivity index (χ3v) is 4.63. The number of amides is 1. The molecule has 1 saturated heterocycles. The third-order valence-electron chi connectivity index (χ3n) is 4.63. The van der Waals surface area contributed by atoms with Crippen molar-refractivity contribution in [3.8, 4) is 0 Å². The van der Waals surface area contributed by atoms with E-state index in [-0.39, 0.29) is 17.0 Å². The van der Waals surface area contributed by atoms with E-state index < -0.39 is 5.69 Å². The number of carbonyl (C=O) groups excluding carboxylic acids is 1. The Bertz CT molecular complexity index is 650. The maximum absolute atomic E-state index is 12.7. The monoisotopic (exact) mass is 350 g/mol. The van der Waals surface area contributed by atoms with Gasteiger partial charge in [0.05, 0.1) is 6.61 Å². The lowest BCUT2D eigenvalue weighted by atomic mass is 9.91. The van der Waals surface area contributed by atoms with Crippen molar-refractivity contribution in [1.82, 2.24) is 19.8 Å². The first-order valence-corrected chi connectivity index (χ1v) is 8.79. The van der Waals surface area contributed by atoms with Crippen LogP contribution in [0.2, 0.25) is 0 Å². The van der Waals surface area contributed by atoms with E-state index in [1.807, 2.05) is 20.8 Å². The van der Waals surface area contributed by atoms with E-state index in [0.717, 1.165) is 38.4 Å². The van der Waals surface area contributed by atoms with Gasteiger partial charge in [-0.15, -0.1) is 0 Å². The van der Waals surface area contributed by atoms with Crippen LogP contribution in [0.1, 0.15) is 43.4 Å². The number of rotatable bonds is 6. The number of aromatic amines is 1. The minimum Gasteiger partial charge on any atom is -0.383 e. The molecule has 1 fully saturated rings. The smallest absolute Gasteiger partial charge is 0.345 e. The average Bonchev–Trinajstić information content (AvgIpc) is 2.98. The summed E-state index contributed by atoms with van der Waals surface area (Å²) in [7, 11) is 3.49. The lowest BCUT2D eigenvalue weighted by molar-refractivity contribution is 0.0765. The summed E-state index contributed by atoms with van der Waals surface area (Å²) in [4.78, 5) is 35.1. The lowest BCUT2D eigenvalue weighted by Gasteiger charge is -2.23. The average molecular weight is 350 g/mol. The molecule has 1 atom stereocenters. The van der Waals surface area contributed by atoms with E-state index in [2.05, 4.69) is 14.9 Å². The zero-order chi connectivity index (χ0) is 18.6. The molecule has 1 aromatic heterocycles. The Labute approximate surface area is 149 Å². The highest BCUT2D eigenvalue weighted by Crippen LogP contribution is 2.20. The van der Waals surface area contributed by atoms with Crippen LogP contribution in [0.4, 0.5) is 0 Å². The van der Waals surface area contributed by atoms with Crippen molar-refractivity contribution in [2.24, 2.45) is 5.92 Å². The Morgan fingerprint density at radius 2 is 2.20 bits per heavy atom. The van der Waals surface area contributed by atoms with Crippen molar-refractivity contribution < 1.29 is 9.53 Å². The normalized spacial score (nSPS) is 18.5. The summed E-state index contributed by atoms with van der Waals surface area (Å²) in [6.07, 6.45) is 1.07. The minimum absolute atomic E-state index is 0.202. The summed E-state index contributed by atoms with van der Waals surface area (Å²) in [5.74, 6) is 0.238. The van der Waals surface area contributed by atoms with Crippen LogP contribution < -0.4 is 5.69 Å². The van der Waals surface area contributed by atoms with E-state index >= 15 is 0 Å². The number of likely N-dealkylation sites (tertiary alicyclic amines) is 1. The largest absolute Gasteiger partial charge is 0.383 e. The summed E-state index contributed by atoms with van der Waals surface area (Å²) in [5.41, 5.74) is 0.209. The SMILES string of the molecule is COCCN1CCC(CN(C)C(=O)c2cc(C(C)(C)C)[nH]c(=O)n2)C1. The van der Waals surface area contributed by atoms with Gasteiger partial charge in [0, 0.05) is 44.9 Å². The molecule has 0 bridgehead atoms. The van der Waals surface area contributed by atoms with Gasteiger partial charge in [-0.05, 0) is 24.9 Å². The summed E-state index contributed by atoms with van der Waals surface area (Å²) < 4.78 is 5.12. The summed E-state index contributed by atoms with van der Waals surface area (Å²) >= 11 is 0. The van der Waals surface area contributed by atoms with Crippen LogP contribution in [0, 0.1) is 5.92 Å². The van der Waals surface area contributed by atoms with Crippen molar-refractivity contribution >= 4 is 5.91 Å². The fourth-order valence-electron chi connectivity index (χ4n) is 3.12. The first-order chi connectivity index (χ1) is 11.7. The van der Waals surface area contributed by atoms with Crippen LogP contribution in [0.5, 0.6) is 0 Å². The zero-order valence-corrected chi connectivity index (χ0v) is 16.0. The molecular weight excluding hydrogens is 320 g/mol. The standard InChI is InChI=1S/C18H30N4O3/c1-18(2,3)15-10-14(19-17(24)20-15)16(23)21(4)11-13-6-7-22(12-13)8-9-25-5/h10,13H,6-9,11-12H2,1-5H3,(H,19,20,24). The zero-order valence-electron chi connectivity index (χ0n) is 16.0. The van der Waals surface area contributed by atoms with Crippen molar-refractivity contribution in [2.75, 3.05) is 46.9 Å². The van der Waals surface area contributed by atoms with Gasteiger partial charge in [-0.3, -0.25) is 4.79 Å². The first-order valence-electron chi connectivity index (χ1n) is 8.79. The van der Waals surface area contributed by atoms with Gasteiger partial charge in [0.2, 0.25) is 0 Å². The molecule has 7 nitrogen and oxygen atoms in total. The van der Waals surface area contributed by atoms with Crippen LogP contribution in [0.3, 0.4) is 0 Å². The molecule has 1 amide bonds. The number of aromatic nitrogens is 2. The minimum atomic E-state index is -0.476. The predicted molar refractivity (Wildman–Crippen MR) is 96.9 cm³/mol. The summed E-state index contributed by atoms with van der Waals surface area (Å²) in [6, 6.07) is 1.69. The number of carbonyl (C=O) groups is 1.